The zero-order chi connectivity index (χ0) is 22.8. The Hall–Kier alpha value is -3.37. The molecule has 166 valence electrons. The Kier molecular flexibility index (Phi) is 6.32. The van der Waals surface area contributed by atoms with Gasteiger partial charge in [0.05, 0.1) is 11.4 Å². The van der Waals surface area contributed by atoms with Gasteiger partial charge in [0.25, 0.3) is 5.56 Å². The standard InChI is InChI=1S/C18H21N5O.C2HF3O2/c1-12-9-23-11-13(5-6-16(23)20-12)10-22(2)15-8-17(24)21-18-14(15)4-3-7-19-18;3-2(4,5)1(6)7/h3-4,7-9,13H,5-6,10-11H2,1-2H3,(H,19,21,24);(H,6,7). The molecule has 1 unspecified atom stereocenters. The number of aliphatic carboxylic acids is 1. The molecule has 2 N–H and O–H groups in total. The number of pyridine rings is 2. The highest BCUT2D eigenvalue weighted by molar-refractivity contribution is 5.88. The molecule has 0 saturated heterocycles. The molecule has 3 aromatic heterocycles. The van der Waals surface area contributed by atoms with E-state index in [9.17, 15) is 18.0 Å². The Bertz CT molecular complexity index is 1140. The van der Waals surface area contributed by atoms with Crippen molar-refractivity contribution < 1.29 is 23.1 Å². The second kappa shape index (κ2) is 8.78. The van der Waals surface area contributed by atoms with Gasteiger partial charge in [0.2, 0.25) is 0 Å². The van der Waals surface area contributed by atoms with E-state index in [4.69, 9.17) is 9.90 Å². The van der Waals surface area contributed by atoms with Gasteiger partial charge < -0.3 is 19.6 Å². The quantitative estimate of drug-likeness (QED) is 0.653. The summed E-state index contributed by atoms with van der Waals surface area (Å²) in [6, 6.07) is 5.57. The summed E-state index contributed by atoms with van der Waals surface area (Å²) < 4.78 is 34.0. The van der Waals surface area contributed by atoms with Crippen LogP contribution in [-0.4, -0.2) is 50.4 Å². The molecule has 0 amide bonds. The monoisotopic (exact) mass is 437 g/mol. The van der Waals surface area contributed by atoms with E-state index in [1.54, 1.807) is 12.3 Å². The number of nitrogens with zero attached hydrogens (tertiary/aromatic N) is 4. The fourth-order valence-corrected chi connectivity index (χ4v) is 3.67. The van der Waals surface area contributed by atoms with Crippen LogP contribution in [0.25, 0.3) is 11.0 Å². The van der Waals surface area contributed by atoms with Crippen LogP contribution >= 0.6 is 0 Å². The van der Waals surface area contributed by atoms with Gasteiger partial charge in [-0.15, -0.1) is 0 Å². The number of nitrogens with one attached hydrogen (secondary N) is 1. The Labute approximate surface area is 175 Å². The highest BCUT2D eigenvalue weighted by atomic mass is 19.4. The Morgan fingerprint density at radius 1 is 1.42 bits per heavy atom. The number of fused-ring (bicyclic) bond motifs is 2. The number of H-pyrrole nitrogens is 1. The number of hydrogen-bond donors (Lipinski definition) is 2. The summed E-state index contributed by atoms with van der Waals surface area (Å²) in [6.45, 7) is 3.94. The van der Waals surface area contributed by atoms with Crippen molar-refractivity contribution in [3.05, 3.63) is 52.5 Å². The molecule has 31 heavy (non-hydrogen) atoms. The lowest BCUT2D eigenvalue weighted by molar-refractivity contribution is -0.192. The summed E-state index contributed by atoms with van der Waals surface area (Å²) in [5.74, 6) is -1.02. The van der Waals surface area contributed by atoms with Gasteiger partial charge >= 0.3 is 12.1 Å². The SMILES string of the molecule is Cc1cn2c(n1)CCC(CN(C)c1cc(=O)[nH]c3ncccc13)C2.O=C(O)C(F)(F)F. The molecule has 1 aliphatic heterocycles. The summed E-state index contributed by atoms with van der Waals surface area (Å²) in [5.41, 5.74) is 2.56. The number of hydrogen-bond acceptors (Lipinski definition) is 5. The maximum Gasteiger partial charge on any atom is 0.490 e. The van der Waals surface area contributed by atoms with Crippen molar-refractivity contribution in [2.24, 2.45) is 5.92 Å². The zero-order valence-electron chi connectivity index (χ0n) is 17.0. The number of aromatic amines is 1. The highest BCUT2D eigenvalue weighted by Crippen LogP contribution is 2.25. The van der Waals surface area contributed by atoms with Crippen LogP contribution in [0.5, 0.6) is 0 Å². The van der Waals surface area contributed by atoms with Gasteiger partial charge in [-0.2, -0.15) is 13.2 Å². The van der Waals surface area contributed by atoms with E-state index < -0.39 is 12.1 Å². The average Bonchev–Trinajstić information content (AvgIpc) is 3.06. The van der Waals surface area contributed by atoms with Crippen LogP contribution in [0, 0.1) is 12.8 Å². The number of imidazole rings is 1. The number of aryl methyl sites for hydroxylation is 2. The first-order chi connectivity index (χ1) is 14.5. The Balaban J connectivity index is 0.000000339. The Morgan fingerprint density at radius 3 is 2.81 bits per heavy atom. The molecule has 0 aliphatic carbocycles. The van der Waals surface area contributed by atoms with Gasteiger partial charge in [0.1, 0.15) is 11.5 Å². The van der Waals surface area contributed by atoms with E-state index in [-0.39, 0.29) is 5.56 Å². The minimum Gasteiger partial charge on any atom is -0.475 e. The normalized spacial score (nSPS) is 15.7. The molecule has 3 aromatic rings. The summed E-state index contributed by atoms with van der Waals surface area (Å²) in [6.07, 6.45) is 0.893. The first-order valence-electron chi connectivity index (χ1n) is 9.56. The molecular weight excluding hydrogens is 415 g/mol. The van der Waals surface area contributed by atoms with E-state index in [1.165, 1.54) is 5.82 Å². The maximum atomic E-state index is 11.9. The molecule has 4 heterocycles. The van der Waals surface area contributed by atoms with Crippen molar-refractivity contribution in [3.63, 3.8) is 0 Å². The predicted octanol–water partition coefficient (Wildman–Crippen LogP) is 2.76. The number of alkyl halides is 3. The van der Waals surface area contributed by atoms with Gasteiger partial charge in [-0.3, -0.25) is 4.79 Å². The number of carboxylic acids is 1. The van der Waals surface area contributed by atoms with Crippen molar-refractivity contribution in [2.45, 2.75) is 32.5 Å². The molecule has 0 fully saturated rings. The smallest absolute Gasteiger partial charge is 0.475 e. The maximum absolute atomic E-state index is 11.9. The first kappa shape index (κ1) is 22.3. The minimum absolute atomic E-state index is 0.112. The number of carboxylic acid groups (broad SMARTS) is 1. The van der Waals surface area contributed by atoms with Crippen LogP contribution in [-0.2, 0) is 17.8 Å². The molecule has 1 aliphatic rings. The molecule has 8 nitrogen and oxygen atoms in total. The predicted molar refractivity (Wildman–Crippen MR) is 108 cm³/mol. The number of rotatable bonds is 3. The van der Waals surface area contributed by atoms with E-state index in [0.29, 0.717) is 11.6 Å². The molecule has 0 radical (unpaired) electrons. The summed E-state index contributed by atoms with van der Waals surface area (Å²) in [4.78, 5) is 34.6. The number of anilines is 1. The van der Waals surface area contributed by atoms with E-state index in [2.05, 4.69) is 37.7 Å². The topological polar surface area (TPSA) is 104 Å². The molecule has 0 aromatic carbocycles. The third-order valence-electron chi connectivity index (χ3n) is 4.99. The minimum atomic E-state index is -5.08. The largest absolute Gasteiger partial charge is 0.490 e. The molecule has 0 saturated carbocycles. The molecule has 4 rings (SSSR count). The molecule has 0 bridgehead atoms. The van der Waals surface area contributed by atoms with Crippen LogP contribution in [0.4, 0.5) is 18.9 Å². The van der Waals surface area contributed by atoms with Crippen molar-refractivity contribution in [2.75, 3.05) is 18.5 Å². The second-order valence-electron chi connectivity index (χ2n) is 7.46. The van der Waals surface area contributed by atoms with Crippen molar-refractivity contribution in [1.29, 1.82) is 0 Å². The van der Waals surface area contributed by atoms with Crippen LogP contribution in [0.3, 0.4) is 0 Å². The third-order valence-corrected chi connectivity index (χ3v) is 4.99. The fraction of sp³-hybridized carbons (Fsp3) is 0.400. The number of aromatic nitrogens is 4. The molecule has 11 heteroatoms. The van der Waals surface area contributed by atoms with Crippen molar-refractivity contribution in [3.8, 4) is 0 Å². The van der Waals surface area contributed by atoms with Gasteiger partial charge in [0, 0.05) is 50.4 Å². The first-order valence-corrected chi connectivity index (χ1v) is 9.56. The van der Waals surface area contributed by atoms with Gasteiger partial charge in [-0.05, 0) is 31.4 Å². The Morgan fingerprint density at radius 2 is 2.13 bits per heavy atom. The fourth-order valence-electron chi connectivity index (χ4n) is 3.67. The van der Waals surface area contributed by atoms with E-state index >= 15 is 0 Å². The van der Waals surface area contributed by atoms with Crippen LogP contribution < -0.4 is 10.5 Å². The molecule has 1 atom stereocenters. The number of carbonyl (C=O) groups is 1. The average molecular weight is 437 g/mol. The highest BCUT2D eigenvalue weighted by Gasteiger charge is 2.38. The van der Waals surface area contributed by atoms with Crippen LogP contribution in [0.15, 0.2) is 35.4 Å². The lowest BCUT2D eigenvalue weighted by Gasteiger charge is -2.29. The van der Waals surface area contributed by atoms with Crippen molar-refractivity contribution in [1.82, 2.24) is 19.5 Å². The van der Waals surface area contributed by atoms with Gasteiger partial charge in [-0.25, -0.2) is 14.8 Å². The summed E-state index contributed by atoms with van der Waals surface area (Å²) >= 11 is 0. The lowest BCUT2D eigenvalue weighted by Crippen LogP contribution is -2.32. The summed E-state index contributed by atoms with van der Waals surface area (Å²) in [7, 11) is 2.05. The zero-order valence-corrected chi connectivity index (χ0v) is 17.0. The number of halogens is 3. The lowest BCUT2D eigenvalue weighted by atomic mass is 9.98. The third kappa shape index (κ3) is 5.41. The van der Waals surface area contributed by atoms with Crippen molar-refractivity contribution >= 4 is 22.7 Å². The van der Waals surface area contributed by atoms with E-state index in [0.717, 1.165) is 42.7 Å². The van der Waals surface area contributed by atoms with Gasteiger partial charge in [-0.1, -0.05) is 0 Å². The second-order valence-corrected chi connectivity index (χ2v) is 7.46. The molecular formula is C20H22F3N5O3. The van der Waals surface area contributed by atoms with Gasteiger partial charge in [0.15, 0.2) is 0 Å². The molecule has 0 spiro atoms. The van der Waals surface area contributed by atoms with Crippen LogP contribution in [0.1, 0.15) is 17.9 Å². The van der Waals surface area contributed by atoms with Crippen LogP contribution in [0.2, 0.25) is 0 Å². The summed E-state index contributed by atoms with van der Waals surface area (Å²) in [5, 5.41) is 8.11. The van der Waals surface area contributed by atoms with E-state index in [1.807, 2.05) is 19.1 Å².